The van der Waals surface area contributed by atoms with Crippen LogP contribution in [0.3, 0.4) is 0 Å². The summed E-state index contributed by atoms with van der Waals surface area (Å²) < 4.78 is 0. The van der Waals surface area contributed by atoms with Crippen LogP contribution in [0, 0.1) is 0 Å². The summed E-state index contributed by atoms with van der Waals surface area (Å²) in [7, 11) is 0. The van der Waals surface area contributed by atoms with Crippen LogP contribution in [-0.2, 0) is 17.9 Å². The Hall–Kier alpha value is -2.82. The number of nitrogens with zero attached hydrogens (tertiary/aromatic N) is 1. The Kier molecular flexibility index (Phi) is 4.79. The van der Waals surface area contributed by atoms with Gasteiger partial charge in [-0.2, -0.15) is 0 Å². The molecule has 1 saturated heterocycles. The summed E-state index contributed by atoms with van der Waals surface area (Å²) in [6.45, 7) is 1.96. The molecule has 1 heterocycles. The summed E-state index contributed by atoms with van der Waals surface area (Å²) in [4.78, 5) is 25.6. The van der Waals surface area contributed by atoms with E-state index in [1.165, 1.54) is 0 Å². The van der Waals surface area contributed by atoms with Crippen LogP contribution in [0.4, 0.5) is 5.69 Å². The molecule has 0 atom stereocenters. The Bertz CT molecular complexity index is 741. The highest BCUT2D eigenvalue weighted by atomic mass is 16.2. The van der Waals surface area contributed by atoms with E-state index < -0.39 is 0 Å². The monoisotopic (exact) mass is 323 g/mol. The van der Waals surface area contributed by atoms with Gasteiger partial charge in [-0.3, -0.25) is 9.59 Å². The molecule has 5 heteroatoms. The first-order valence-electron chi connectivity index (χ1n) is 8.11. The molecule has 1 aliphatic heterocycles. The first-order chi connectivity index (χ1) is 11.6. The maximum Gasteiger partial charge on any atom is 0.251 e. The van der Waals surface area contributed by atoms with Crippen LogP contribution in [0.2, 0.25) is 0 Å². The molecule has 3 N–H and O–H groups in total. The molecule has 0 aromatic heterocycles. The molecule has 0 unspecified atom stereocenters. The van der Waals surface area contributed by atoms with Crippen molar-refractivity contribution in [3.63, 3.8) is 0 Å². The van der Waals surface area contributed by atoms with Gasteiger partial charge in [-0.1, -0.05) is 30.3 Å². The Balaban J connectivity index is 1.54. The van der Waals surface area contributed by atoms with E-state index in [1.54, 1.807) is 24.3 Å². The lowest BCUT2D eigenvalue weighted by Gasteiger charge is -2.15. The van der Waals surface area contributed by atoms with Crippen LogP contribution in [0.15, 0.2) is 48.5 Å². The molecule has 0 radical (unpaired) electrons. The van der Waals surface area contributed by atoms with Gasteiger partial charge in [-0.05, 0) is 35.7 Å². The average molecular weight is 323 g/mol. The molecule has 5 nitrogen and oxygen atoms in total. The molecule has 0 spiro atoms. The standard InChI is InChI=1S/C19H21N3O2/c20-17-4-1-3-16(11-17)19(24)21-12-14-6-8-15(9-7-14)13-22-10-2-5-18(22)23/h1,3-4,6-9,11H,2,5,10,12-13,20H2,(H,21,24). The van der Waals surface area contributed by atoms with Crippen molar-refractivity contribution in [1.82, 2.24) is 10.2 Å². The molecule has 24 heavy (non-hydrogen) atoms. The van der Waals surface area contributed by atoms with Crippen LogP contribution in [0.5, 0.6) is 0 Å². The van der Waals surface area contributed by atoms with Gasteiger partial charge in [0.2, 0.25) is 5.91 Å². The predicted molar refractivity (Wildman–Crippen MR) is 93.1 cm³/mol. The van der Waals surface area contributed by atoms with Gasteiger partial charge in [0, 0.05) is 37.3 Å². The normalized spacial score (nSPS) is 14.0. The lowest BCUT2D eigenvalue weighted by Crippen LogP contribution is -2.24. The topological polar surface area (TPSA) is 75.4 Å². The van der Waals surface area contributed by atoms with Crippen LogP contribution in [0.25, 0.3) is 0 Å². The zero-order chi connectivity index (χ0) is 16.9. The Morgan fingerprint density at radius 1 is 1.12 bits per heavy atom. The van der Waals surface area contributed by atoms with Gasteiger partial charge in [0.05, 0.1) is 0 Å². The summed E-state index contributed by atoms with van der Waals surface area (Å²) in [5.74, 6) is 0.0857. The molecule has 2 aromatic carbocycles. The highest BCUT2D eigenvalue weighted by molar-refractivity contribution is 5.94. The van der Waals surface area contributed by atoms with Crippen LogP contribution >= 0.6 is 0 Å². The molecular formula is C19H21N3O2. The van der Waals surface area contributed by atoms with Crippen molar-refractivity contribution in [2.75, 3.05) is 12.3 Å². The summed E-state index contributed by atoms with van der Waals surface area (Å²) >= 11 is 0. The largest absolute Gasteiger partial charge is 0.399 e. The number of rotatable bonds is 5. The van der Waals surface area contributed by atoms with Crippen molar-refractivity contribution in [3.05, 3.63) is 65.2 Å². The number of likely N-dealkylation sites (tertiary alicyclic amines) is 1. The van der Waals surface area contributed by atoms with E-state index in [-0.39, 0.29) is 11.8 Å². The van der Waals surface area contributed by atoms with E-state index in [4.69, 9.17) is 5.73 Å². The number of carbonyl (C=O) groups is 2. The van der Waals surface area contributed by atoms with Crippen LogP contribution in [-0.4, -0.2) is 23.3 Å². The molecule has 0 bridgehead atoms. The van der Waals surface area contributed by atoms with Gasteiger partial charge in [-0.25, -0.2) is 0 Å². The number of hydrogen-bond acceptors (Lipinski definition) is 3. The van der Waals surface area contributed by atoms with E-state index in [2.05, 4.69) is 5.32 Å². The zero-order valence-electron chi connectivity index (χ0n) is 13.5. The fourth-order valence-electron chi connectivity index (χ4n) is 2.82. The number of anilines is 1. The van der Waals surface area contributed by atoms with Gasteiger partial charge < -0.3 is 16.0 Å². The lowest BCUT2D eigenvalue weighted by molar-refractivity contribution is -0.128. The molecule has 1 aliphatic rings. The lowest BCUT2D eigenvalue weighted by atomic mass is 10.1. The van der Waals surface area contributed by atoms with Gasteiger partial charge in [0.1, 0.15) is 0 Å². The van der Waals surface area contributed by atoms with Gasteiger partial charge in [0.25, 0.3) is 5.91 Å². The van der Waals surface area contributed by atoms with Gasteiger partial charge in [0.15, 0.2) is 0 Å². The number of benzene rings is 2. The highest BCUT2D eigenvalue weighted by Crippen LogP contribution is 2.15. The van der Waals surface area contributed by atoms with E-state index in [0.717, 1.165) is 24.1 Å². The zero-order valence-corrected chi connectivity index (χ0v) is 13.5. The predicted octanol–water partition coefficient (Wildman–Crippen LogP) is 2.32. The second-order valence-electron chi connectivity index (χ2n) is 6.04. The smallest absolute Gasteiger partial charge is 0.251 e. The minimum atomic E-state index is -0.144. The van der Waals surface area contributed by atoms with Gasteiger partial charge >= 0.3 is 0 Å². The fraction of sp³-hybridized carbons (Fsp3) is 0.263. The van der Waals surface area contributed by atoms with E-state index in [9.17, 15) is 9.59 Å². The summed E-state index contributed by atoms with van der Waals surface area (Å²) in [6.07, 6.45) is 1.61. The van der Waals surface area contributed by atoms with Crippen molar-refractivity contribution in [2.45, 2.75) is 25.9 Å². The number of amides is 2. The molecule has 2 aromatic rings. The number of nitrogen functional groups attached to an aromatic ring is 1. The first kappa shape index (κ1) is 16.1. The minimum absolute atomic E-state index is 0.144. The quantitative estimate of drug-likeness (QED) is 0.829. The fourth-order valence-corrected chi connectivity index (χ4v) is 2.82. The molecule has 0 saturated carbocycles. The number of hydrogen-bond donors (Lipinski definition) is 2. The molecular weight excluding hydrogens is 302 g/mol. The van der Waals surface area contributed by atoms with Crippen molar-refractivity contribution < 1.29 is 9.59 Å². The highest BCUT2D eigenvalue weighted by Gasteiger charge is 2.19. The summed E-state index contributed by atoms with van der Waals surface area (Å²) in [6, 6.07) is 14.9. The second kappa shape index (κ2) is 7.17. The molecule has 124 valence electrons. The molecule has 0 aliphatic carbocycles. The number of nitrogens with two attached hydrogens (primary N) is 1. The second-order valence-corrected chi connectivity index (χ2v) is 6.04. The summed E-state index contributed by atoms with van der Waals surface area (Å²) in [5.41, 5.74) is 8.94. The van der Waals surface area contributed by atoms with Crippen molar-refractivity contribution in [3.8, 4) is 0 Å². The number of carbonyl (C=O) groups excluding carboxylic acids is 2. The van der Waals surface area contributed by atoms with Gasteiger partial charge in [-0.15, -0.1) is 0 Å². The van der Waals surface area contributed by atoms with Crippen LogP contribution < -0.4 is 11.1 Å². The molecule has 1 fully saturated rings. The number of nitrogens with one attached hydrogen (secondary N) is 1. The van der Waals surface area contributed by atoms with E-state index in [1.807, 2.05) is 29.2 Å². The Morgan fingerprint density at radius 3 is 2.54 bits per heavy atom. The van der Waals surface area contributed by atoms with E-state index >= 15 is 0 Å². The Labute approximate surface area is 141 Å². The maximum absolute atomic E-state index is 12.1. The van der Waals surface area contributed by atoms with E-state index in [0.29, 0.717) is 30.8 Å². The van der Waals surface area contributed by atoms with Crippen molar-refractivity contribution >= 4 is 17.5 Å². The average Bonchev–Trinajstić information content (AvgIpc) is 2.99. The molecule has 3 rings (SSSR count). The SMILES string of the molecule is Nc1cccc(C(=O)NCc2ccc(CN3CCCC3=O)cc2)c1. The third kappa shape index (κ3) is 3.93. The third-order valence-electron chi connectivity index (χ3n) is 4.17. The van der Waals surface area contributed by atoms with Crippen LogP contribution in [0.1, 0.15) is 34.3 Å². The third-order valence-corrected chi connectivity index (χ3v) is 4.17. The maximum atomic E-state index is 12.1. The Morgan fingerprint density at radius 2 is 1.88 bits per heavy atom. The van der Waals surface area contributed by atoms with Crippen molar-refractivity contribution in [2.24, 2.45) is 0 Å². The first-order valence-corrected chi connectivity index (χ1v) is 8.11. The summed E-state index contributed by atoms with van der Waals surface area (Å²) in [5, 5.41) is 2.88. The molecule has 2 amide bonds. The van der Waals surface area contributed by atoms with Crippen molar-refractivity contribution in [1.29, 1.82) is 0 Å². The minimum Gasteiger partial charge on any atom is -0.399 e.